The summed E-state index contributed by atoms with van der Waals surface area (Å²) in [6, 6.07) is 15.9. The molecule has 4 heterocycles. The number of rotatable bonds is 7. The Morgan fingerprint density at radius 2 is 1.49 bits per heavy atom. The minimum Gasteiger partial charge on any atom is -0.616 e. The van der Waals surface area contributed by atoms with Gasteiger partial charge in [0.2, 0.25) is 5.95 Å². The van der Waals surface area contributed by atoms with Crippen molar-refractivity contribution in [1.29, 1.82) is 0 Å². The number of urea groups is 1. The van der Waals surface area contributed by atoms with Gasteiger partial charge in [-0.2, -0.15) is 4.98 Å². The molecular formula is C33H42N8O3S. The highest BCUT2D eigenvalue weighted by Gasteiger charge is 2.29. The van der Waals surface area contributed by atoms with Crippen LogP contribution in [0.15, 0.2) is 54.7 Å². The van der Waals surface area contributed by atoms with Crippen molar-refractivity contribution in [2.24, 2.45) is 0 Å². The van der Waals surface area contributed by atoms with E-state index in [0.29, 0.717) is 49.4 Å². The predicted octanol–water partition coefficient (Wildman–Crippen LogP) is 4.12. The van der Waals surface area contributed by atoms with Crippen LogP contribution in [-0.4, -0.2) is 106 Å². The second kappa shape index (κ2) is 14.1. The number of aryl methyl sites for hydroxylation is 1. The molecule has 2 aromatic carbocycles. The average molecular weight is 631 g/mol. The number of piperidine rings is 1. The largest absolute Gasteiger partial charge is 0.616 e. The SMILES string of the molecule is CC(=O)c1ccc(NC(=O)N2CCN(c3nc(Nc4ccc(N5CCC(N6CC[S+]([O-])CC6)CC5)cc4)ncc3C)CC2)cc1. The number of nitrogens with one attached hydrogen (secondary N) is 2. The van der Waals surface area contributed by atoms with E-state index in [-0.39, 0.29) is 11.8 Å². The first-order chi connectivity index (χ1) is 21.8. The third kappa shape index (κ3) is 7.69. The topological polar surface area (TPSA) is 120 Å². The van der Waals surface area contributed by atoms with Crippen LogP contribution in [0.1, 0.15) is 35.7 Å². The highest BCUT2D eigenvalue weighted by Crippen LogP contribution is 2.27. The van der Waals surface area contributed by atoms with Gasteiger partial charge in [0, 0.05) is 92.8 Å². The number of carbonyl (C=O) groups excluding carboxylic acids is 2. The van der Waals surface area contributed by atoms with E-state index in [4.69, 9.17) is 4.98 Å². The molecule has 0 aliphatic carbocycles. The lowest BCUT2D eigenvalue weighted by molar-refractivity contribution is 0.101. The number of carbonyl (C=O) groups is 2. The molecule has 2 amide bonds. The first kappa shape index (κ1) is 31.1. The minimum atomic E-state index is -0.625. The number of hydrogen-bond donors (Lipinski definition) is 2. The molecule has 3 fully saturated rings. The Hall–Kier alpha value is -3.87. The monoisotopic (exact) mass is 630 g/mol. The number of anilines is 5. The lowest BCUT2D eigenvalue weighted by Crippen LogP contribution is -2.50. The van der Waals surface area contributed by atoms with Crippen LogP contribution in [0.25, 0.3) is 0 Å². The Balaban J connectivity index is 0.996. The number of amides is 2. The Kier molecular flexibility index (Phi) is 9.72. The standard InChI is InChI=1S/C33H42N8O3S/c1-24-23-34-32(35-27-7-9-29(10-8-27)38-13-11-30(12-14-38)39-19-21-45(44)22-20-39)37-31(24)40-15-17-41(18-16-40)33(43)36-28-5-3-26(4-6-28)25(2)42/h3-10,23,30H,11-22H2,1-2H3,(H,36,43)(H,34,35,37). The second-order valence-electron chi connectivity index (χ2n) is 12.0. The number of piperazine rings is 1. The maximum absolute atomic E-state index is 12.8. The lowest BCUT2D eigenvalue weighted by Gasteiger charge is -2.40. The Morgan fingerprint density at radius 1 is 0.844 bits per heavy atom. The molecule has 45 heavy (non-hydrogen) atoms. The molecule has 1 aromatic heterocycles. The van der Waals surface area contributed by atoms with E-state index in [1.165, 1.54) is 12.6 Å². The van der Waals surface area contributed by atoms with Crippen LogP contribution in [0, 0.1) is 6.92 Å². The number of ketones is 1. The van der Waals surface area contributed by atoms with Crippen LogP contribution in [0.3, 0.4) is 0 Å². The van der Waals surface area contributed by atoms with E-state index in [1.807, 2.05) is 13.1 Å². The molecule has 3 aliphatic rings. The van der Waals surface area contributed by atoms with Crippen LogP contribution in [0.5, 0.6) is 0 Å². The molecule has 0 saturated carbocycles. The van der Waals surface area contributed by atoms with Crippen molar-refractivity contribution in [3.63, 3.8) is 0 Å². The van der Waals surface area contributed by atoms with Gasteiger partial charge in [-0.25, -0.2) is 9.78 Å². The van der Waals surface area contributed by atoms with Gasteiger partial charge in [-0.05, 0) is 75.2 Å². The second-order valence-corrected chi connectivity index (χ2v) is 13.7. The maximum atomic E-state index is 12.8. The normalized spacial score (nSPS) is 18.6. The van der Waals surface area contributed by atoms with Crippen molar-refractivity contribution in [1.82, 2.24) is 19.8 Å². The van der Waals surface area contributed by atoms with E-state index >= 15 is 0 Å². The van der Waals surface area contributed by atoms with Gasteiger partial charge in [0.05, 0.1) is 0 Å². The number of hydrogen-bond acceptors (Lipinski definition) is 9. The smallest absolute Gasteiger partial charge is 0.321 e. The van der Waals surface area contributed by atoms with Gasteiger partial charge < -0.3 is 29.9 Å². The molecule has 6 rings (SSSR count). The highest BCUT2D eigenvalue weighted by atomic mass is 32.2. The molecule has 2 N–H and O–H groups in total. The summed E-state index contributed by atoms with van der Waals surface area (Å²) < 4.78 is 11.7. The van der Waals surface area contributed by atoms with Gasteiger partial charge in [-0.3, -0.25) is 9.69 Å². The maximum Gasteiger partial charge on any atom is 0.321 e. The summed E-state index contributed by atoms with van der Waals surface area (Å²) in [5, 5.41) is 6.29. The van der Waals surface area contributed by atoms with Crippen LogP contribution in [0.2, 0.25) is 0 Å². The molecule has 0 atom stereocenters. The fraction of sp³-hybridized carbons (Fsp3) is 0.455. The molecule has 3 aliphatic heterocycles. The van der Waals surface area contributed by atoms with Gasteiger partial charge in [0.1, 0.15) is 17.3 Å². The zero-order chi connectivity index (χ0) is 31.3. The third-order valence-electron chi connectivity index (χ3n) is 9.04. The summed E-state index contributed by atoms with van der Waals surface area (Å²) in [5.74, 6) is 3.04. The van der Waals surface area contributed by atoms with E-state index in [2.05, 4.69) is 54.6 Å². The van der Waals surface area contributed by atoms with Crippen LogP contribution >= 0.6 is 0 Å². The van der Waals surface area contributed by atoms with E-state index in [1.54, 1.807) is 29.2 Å². The minimum absolute atomic E-state index is 0.00253. The Bertz CT molecular complexity index is 1460. The quantitative estimate of drug-likeness (QED) is 0.294. The van der Waals surface area contributed by atoms with Crippen molar-refractivity contribution in [2.45, 2.75) is 32.7 Å². The Morgan fingerprint density at radius 3 is 2.13 bits per heavy atom. The fourth-order valence-electron chi connectivity index (χ4n) is 6.32. The van der Waals surface area contributed by atoms with Crippen molar-refractivity contribution >= 4 is 51.8 Å². The van der Waals surface area contributed by atoms with Crippen LogP contribution < -0.4 is 20.4 Å². The van der Waals surface area contributed by atoms with Gasteiger partial charge in [0.15, 0.2) is 5.78 Å². The van der Waals surface area contributed by atoms with Gasteiger partial charge in [-0.15, -0.1) is 0 Å². The summed E-state index contributed by atoms with van der Waals surface area (Å²) in [6.07, 6.45) is 4.12. The van der Waals surface area contributed by atoms with E-state index in [9.17, 15) is 14.1 Å². The molecule has 11 nitrogen and oxygen atoms in total. The lowest BCUT2D eigenvalue weighted by atomic mass is 10.0. The molecule has 0 radical (unpaired) electrons. The highest BCUT2D eigenvalue weighted by molar-refractivity contribution is 7.91. The molecule has 0 bridgehead atoms. The number of nitrogens with zero attached hydrogens (tertiary/aromatic N) is 6. The Labute approximate surface area is 268 Å². The molecular weight excluding hydrogens is 588 g/mol. The van der Waals surface area contributed by atoms with Crippen molar-refractivity contribution in [3.8, 4) is 0 Å². The predicted molar refractivity (Wildman–Crippen MR) is 180 cm³/mol. The summed E-state index contributed by atoms with van der Waals surface area (Å²) in [5.41, 5.74) is 4.43. The molecule has 0 unspecified atom stereocenters. The van der Waals surface area contributed by atoms with Gasteiger partial charge >= 0.3 is 6.03 Å². The molecule has 3 aromatic rings. The van der Waals surface area contributed by atoms with Crippen LogP contribution in [-0.2, 0) is 11.2 Å². The van der Waals surface area contributed by atoms with E-state index < -0.39 is 11.2 Å². The van der Waals surface area contributed by atoms with Crippen molar-refractivity contribution < 1.29 is 14.1 Å². The molecule has 12 heteroatoms. The summed E-state index contributed by atoms with van der Waals surface area (Å²) in [6.45, 7) is 10.00. The zero-order valence-corrected chi connectivity index (χ0v) is 26.9. The van der Waals surface area contributed by atoms with Gasteiger partial charge in [-0.1, -0.05) is 11.2 Å². The van der Waals surface area contributed by atoms with Gasteiger partial charge in [0.25, 0.3) is 0 Å². The number of aromatic nitrogens is 2. The fourth-order valence-corrected chi connectivity index (χ4v) is 7.40. The average Bonchev–Trinajstić information content (AvgIpc) is 3.07. The van der Waals surface area contributed by atoms with Crippen molar-refractivity contribution in [3.05, 3.63) is 65.9 Å². The summed E-state index contributed by atoms with van der Waals surface area (Å²) >= 11 is -0.625. The molecule has 0 spiro atoms. The van der Waals surface area contributed by atoms with Crippen LogP contribution in [0.4, 0.5) is 33.6 Å². The zero-order valence-electron chi connectivity index (χ0n) is 26.1. The summed E-state index contributed by atoms with van der Waals surface area (Å²) in [4.78, 5) is 42.7. The number of Topliss-reactive ketones (excluding diaryl/α,β-unsaturated/α-hetero) is 1. The molecule has 3 saturated heterocycles. The first-order valence-corrected chi connectivity index (χ1v) is 17.3. The third-order valence-corrected chi connectivity index (χ3v) is 10.3. The van der Waals surface area contributed by atoms with E-state index in [0.717, 1.165) is 67.6 Å². The molecule has 238 valence electrons. The number of benzene rings is 2. The summed E-state index contributed by atoms with van der Waals surface area (Å²) in [7, 11) is 0. The first-order valence-electron chi connectivity index (χ1n) is 15.8. The van der Waals surface area contributed by atoms with Crippen molar-refractivity contribution in [2.75, 3.05) is 84.3 Å².